The van der Waals surface area contributed by atoms with E-state index in [0.29, 0.717) is 6.54 Å². The lowest BCUT2D eigenvalue weighted by atomic mass is 9.87. The van der Waals surface area contributed by atoms with Gasteiger partial charge in [0.1, 0.15) is 5.75 Å². The van der Waals surface area contributed by atoms with E-state index >= 15 is 0 Å². The molecule has 0 spiro atoms. The number of nitrogens with zero attached hydrogens (tertiary/aromatic N) is 2. The predicted octanol–water partition coefficient (Wildman–Crippen LogP) is 1.55. The number of piperidine rings is 1. The molecule has 106 valence electrons. The summed E-state index contributed by atoms with van der Waals surface area (Å²) in [6, 6.07) is 8.20. The highest BCUT2D eigenvalue weighted by Gasteiger charge is 2.37. The summed E-state index contributed by atoms with van der Waals surface area (Å²) in [7, 11) is 6.01. The van der Waals surface area contributed by atoms with E-state index in [9.17, 15) is 0 Å². The number of rotatable bonds is 4. The first kappa shape index (κ1) is 14.2. The molecule has 1 atom stereocenters. The molecule has 2 rings (SSSR count). The van der Waals surface area contributed by atoms with E-state index < -0.39 is 0 Å². The Labute approximate surface area is 116 Å². The number of ether oxygens (including phenoxy) is 1. The lowest BCUT2D eigenvalue weighted by Gasteiger charge is -2.48. The number of likely N-dealkylation sites (tertiary alicyclic amines) is 1. The Kier molecular flexibility index (Phi) is 4.32. The third-order valence-corrected chi connectivity index (χ3v) is 4.28. The van der Waals surface area contributed by atoms with Crippen LogP contribution in [-0.4, -0.2) is 51.3 Å². The van der Waals surface area contributed by atoms with Gasteiger partial charge >= 0.3 is 0 Å². The van der Waals surface area contributed by atoms with Crippen LogP contribution in [-0.2, 0) is 0 Å². The molecule has 1 unspecified atom stereocenters. The number of nitrogens with two attached hydrogens (primary N) is 1. The summed E-state index contributed by atoms with van der Waals surface area (Å²) >= 11 is 0. The number of likely N-dealkylation sites (N-methyl/N-ethyl adjacent to an activating group) is 2. The van der Waals surface area contributed by atoms with Gasteiger partial charge in [-0.3, -0.25) is 0 Å². The van der Waals surface area contributed by atoms with Gasteiger partial charge in [0, 0.05) is 31.9 Å². The molecule has 0 aliphatic carbocycles. The van der Waals surface area contributed by atoms with Gasteiger partial charge in [0.15, 0.2) is 0 Å². The third-order valence-electron chi connectivity index (χ3n) is 4.28. The van der Waals surface area contributed by atoms with Crippen molar-refractivity contribution in [3.63, 3.8) is 0 Å². The zero-order valence-electron chi connectivity index (χ0n) is 12.2. The molecule has 1 aliphatic heterocycles. The van der Waals surface area contributed by atoms with Crippen molar-refractivity contribution < 1.29 is 4.74 Å². The maximum absolute atomic E-state index is 6.11. The minimum atomic E-state index is 0.0271. The zero-order chi connectivity index (χ0) is 13.9. The van der Waals surface area contributed by atoms with Crippen molar-refractivity contribution in [1.29, 1.82) is 0 Å². The number of anilines is 1. The molecule has 0 aromatic heterocycles. The van der Waals surface area contributed by atoms with Gasteiger partial charge in [-0.1, -0.05) is 6.07 Å². The van der Waals surface area contributed by atoms with Gasteiger partial charge < -0.3 is 20.3 Å². The van der Waals surface area contributed by atoms with Crippen LogP contribution in [0.4, 0.5) is 5.69 Å². The summed E-state index contributed by atoms with van der Waals surface area (Å²) < 4.78 is 5.31. The highest BCUT2D eigenvalue weighted by molar-refractivity contribution is 5.52. The molecule has 1 heterocycles. The fourth-order valence-corrected chi connectivity index (χ4v) is 3.01. The van der Waals surface area contributed by atoms with Crippen LogP contribution in [0.3, 0.4) is 0 Å². The molecule has 4 nitrogen and oxygen atoms in total. The second-order valence-electron chi connectivity index (χ2n) is 5.53. The van der Waals surface area contributed by atoms with Crippen molar-refractivity contribution in [1.82, 2.24) is 4.90 Å². The maximum atomic E-state index is 6.11. The molecule has 4 heteroatoms. The van der Waals surface area contributed by atoms with Crippen molar-refractivity contribution in [2.75, 3.05) is 45.7 Å². The smallest absolute Gasteiger partial charge is 0.120 e. The van der Waals surface area contributed by atoms with E-state index in [0.717, 1.165) is 25.3 Å². The molecule has 0 saturated carbocycles. The second kappa shape index (κ2) is 5.80. The first-order valence-electron chi connectivity index (χ1n) is 6.88. The summed E-state index contributed by atoms with van der Waals surface area (Å²) in [5.74, 6) is 0.890. The van der Waals surface area contributed by atoms with Crippen LogP contribution in [0.5, 0.6) is 5.75 Å². The largest absolute Gasteiger partial charge is 0.497 e. The molecule has 2 N–H and O–H groups in total. The summed E-state index contributed by atoms with van der Waals surface area (Å²) in [5, 5.41) is 0. The van der Waals surface area contributed by atoms with Crippen molar-refractivity contribution in [2.24, 2.45) is 5.73 Å². The van der Waals surface area contributed by atoms with E-state index in [1.165, 1.54) is 12.1 Å². The molecule has 1 aliphatic rings. The average molecular weight is 263 g/mol. The molecule has 1 aromatic carbocycles. The predicted molar refractivity (Wildman–Crippen MR) is 79.9 cm³/mol. The molecule has 0 bridgehead atoms. The summed E-state index contributed by atoms with van der Waals surface area (Å²) in [5.41, 5.74) is 7.30. The zero-order valence-corrected chi connectivity index (χ0v) is 12.2. The molecule has 0 amide bonds. The van der Waals surface area contributed by atoms with Gasteiger partial charge in [0.05, 0.1) is 12.6 Å². The molecule has 0 radical (unpaired) electrons. The lowest BCUT2D eigenvalue weighted by molar-refractivity contribution is 0.178. The Bertz CT molecular complexity index is 424. The molecule has 1 aromatic rings. The van der Waals surface area contributed by atoms with Crippen LogP contribution in [0.15, 0.2) is 24.3 Å². The van der Waals surface area contributed by atoms with E-state index in [2.05, 4.69) is 36.0 Å². The van der Waals surface area contributed by atoms with Crippen molar-refractivity contribution in [3.8, 4) is 5.75 Å². The Balaban J connectivity index is 2.26. The highest BCUT2D eigenvalue weighted by atomic mass is 16.5. The van der Waals surface area contributed by atoms with Crippen LogP contribution in [0.2, 0.25) is 0 Å². The fraction of sp³-hybridized carbons (Fsp3) is 0.600. The first-order chi connectivity index (χ1) is 9.11. The van der Waals surface area contributed by atoms with Gasteiger partial charge in [-0.05, 0) is 38.6 Å². The van der Waals surface area contributed by atoms with E-state index in [1.807, 2.05) is 12.1 Å². The van der Waals surface area contributed by atoms with Crippen molar-refractivity contribution in [3.05, 3.63) is 24.3 Å². The summed E-state index contributed by atoms with van der Waals surface area (Å²) in [6.07, 6.45) is 2.34. The molecular weight excluding hydrogens is 238 g/mol. The van der Waals surface area contributed by atoms with Crippen molar-refractivity contribution >= 4 is 5.69 Å². The van der Waals surface area contributed by atoms with Crippen LogP contribution in [0.25, 0.3) is 0 Å². The van der Waals surface area contributed by atoms with Gasteiger partial charge in [-0.15, -0.1) is 0 Å². The second-order valence-corrected chi connectivity index (χ2v) is 5.53. The van der Waals surface area contributed by atoms with E-state index in [1.54, 1.807) is 7.11 Å². The number of hydrogen-bond donors (Lipinski definition) is 1. The summed E-state index contributed by atoms with van der Waals surface area (Å²) in [6.45, 7) is 2.84. The van der Waals surface area contributed by atoms with E-state index in [-0.39, 0.29) is 5.54 Å². The topological polar surface area (TPSA) is 41.7 Å². The van der Waals surface area contributed by atoms with Gasteiger partial charge in [0.2, 0.25) is 0 Å². The van der Waals surface area contributed by atoms with Gasteiger partial charge in [0.25, 0.3) is 0 Å². The minimum Gasteiger partial charge on any atom is -0.497 e. The lowest BCUT2D eigenvalue weighted by Crippen LogP contribution is -2.61. The number of methoxy groups -OCH3 is 1. The molecule has 1 saturated heterocycles. The van der Waals surface area contributed by atoms with Crippen LogP contribution in [0.1, 0.15) is 12.8 Å². The van der Waals surface area contributed by atoms with Crippen LogP contribution >= 0.6 is 0 Å². The van der Waals surface area contributed by atoms with E-state index in [4.69, 9.17) is 10.5 Å². The fourth-order valence-electron chi connectivity index (χ4n) is 3.01. The first-order valence-corrected chi connectivity index (χ1v) is 6.88. The normalized spacial score (nSPS) is 24.2. The van der Waals surface area contributed by atoms with Crippen molar-refractivity contribution in [2.45, 2.75) is 18.4 Å². The van der Waals surface area contributed by atoms with Crippen LogP contribution < -0.4 is 15.4 Å². The van der Waals surface area contributed by atoms with Crippen LogP contribution in [0, 0.1) is 0 Å². The SMILES string of the molecule is COc1cccc(N(C)C2(CN)CCCN(C)C2)c1. The third kappa shape index (κ3) is 2.85. The number of hydrogen-bond acceptors (Lipinski definition) is 4. The Morgan fingerprint density at radius 1 is 1.47 bits per heavy atom. The monoisotopic (exact) mass is 263 g/mol. The van der Waals surface area contributed by atoms with Gasteiger partial charge in [-0.25, -0.2) is 0 Å². The quantitative estimate of drug-likeness (QED) is 0.895. The maximum Gasteiger partial charge on any atom is 0.120 e. The Morgan fingerprint density at radius 2 is 2.26 bits per heavy atom. The van der Waals surface area contributed by atoms with Gasteiger partial charge in [-0.2, -0.15) is 0 Å². The standard InChI is InChI=1S/C15H25N3O/c1-17-9-5-8-15(11-16,12-17)18(2)13-6-4-7-14(10-13)19-3/h4,6-7,10H,5,8-9,11-12,16H2,1-3H3. The Hall–Kier alpha value is -1.26. The number of benzene rings is 1. The summed E-state index contributed by atoms with van der Waals surface area (Å²) in [4.78, 5) is 4.69. The Morgan fingerprint density at radius 3 is 2.89 bits per heavy atom. The molecule has 19 heavy (non-hydrogen) atoms. The minimum absolute atomic E-state index is 0.0271. The highest BCUT2D eigenvalue weighted by Crippen LogP contribution is 2.31. The average Bonchev–Trinajstić information content (AvgIpc) is 2.46. The molecule has 1 fully saturated rings. The molecular formula is C15H25N3O.